The van der Waals surface area contributed by atoms with Gasteiger partial charge in [0, 0.05) is 22.2 Å². The van der Waals surface area contributed by atoms with Crippen molar-refractivity contribution in [1.82, 2.24) is 5.32 Å². The van der Waals surface area contributed by atoms with Gasteiger partial charge in [0.1, 0.15) is 5.75 Å². The Labute approximate surface area is 140 Å². The number of sulfone groups is 1. The molecule has 2 rings (SSSR count). The average Bonchev–Trinajstić information content (AvgIpc) is 2.77. The monoisotopic (exact) mass is 409 g/mol. The van der Waals surface area contributed by atoms with Crippen molar-refractivity contribution in [2.75, 3.05) is 11.5 Å². The molecule has 0 spiro atoms. The van der Waals surface area contributed by atoms with Gasteiger partial charge in [-0.25, -0.2) is 8.42 Å². The van der Waals surface area contributed by atoms with Crippen molar-refractivity contribution in [3.63, 3.8) is 0 Å². The van der Waals surface area contributed by atoms with Gasteiger partial charge in [-0.1, -0.05) is 15.9 Å². The number of ether oxygens (including phenoxy) is 1. The summed E-state index contributed by atoms with van der Waals surface area (Å²) in [7, 11) is -3.08. The molecule has 9 heteroatoms. The number of benzene rings is 1. The second-order valence-electron chi connectivity index (χ2n) is 5.00. The zero-order valence-corrected chi connectivity index (χ0v) is 14.2. The number of carbonyl (C=O) groups is 1. The van der Waals surface area contributed by atoms with Crippen molar-refractivity contribution in [3.8, 4) is 5.75 Å². The summed E-state index contributed by atoms with van der Waals surface area (Å²) in [5, 5.41) is 2.57. The highest BCUT2D eigenvalue weighted by atomic mass is 79.9. The van der Waals surface area contributed by atoms with E-state index in [0.717, 1.165) is 6.08 Å². The number of carbonyl (C=O) groups excluding carboxylic acids is 1. The van der Waals surface area contributed by atoms with E-state index in [-0.39, 0.29) is 17.3 Å². The third-order valence-electron chi connectivity index (χ3n) is 3.18. The molecule has 1 heterocycles. The Morgan fingerprint density at radius 1 is 1.43 bits per heavy atom. The fourth-order valence-corrected chi connectivity index (χ4v) is 4.23. The summed E-state index contributed by atoms with van der Waals surface area (Å²) < 4.78 is 52.4. The molecule has 5 nitrogen and oxygen atoms in total. The van der Waals surface area contributed by atoms with Crippen molar-refractivity contribution in [2.45, 2.75) is 19.1 Å². The van der Waals surface area contributed by atoms with Crippen LogP contribution in [0.15, 0.2) is 28.7 Å². The molecule has 1 aromatic rings. The van der Waals surface area contributed by atoms with Gasteiger partial charge in [-0.3, -0.25) is 4.79 Å². The van der Waals surface area contributed by atoms with Gasteiger partial charge in [0.2, 0.25) is 5.91 Å². The summed E-state index contributed by atoms with van der Waals surface area (Å²) in [5.41, 5.74) is 0.300. The van der Waals surface area contributed by atoms with Crippen LogP contribution in [0.4, 0.5) is 8.78 Å². The SMILES string of the molecule is O=C(/C=C/c1cc(Br)ccc1OC(F)F)NC1CCS(=O)(=O)C1. The topological polar surface area (TPSA) is 72.5 Å². The normalized spacial score (nSPS) is 20.1. The number of hydrogen-bond acceptors (Lipinski definition) is 4. The fraction of sp³-hybridized carbons (Fsp3) is 0.357. The predicted molar refractivity (Wildman–Crippen MR) is 85.0 cm³/mol. The average molecular weight is 410 g/mol. The summed E-state index contributed by atoms with van der Waals surface area (Å²) in [6, 6.07) is 4.01. The van der Waals surface area contributed by atoms with Crippen LogP contribution in [-0.2, 0) is 14.6 Å². The molecule has 1 N–H and O–H groups in total. The van der Waals surface area contributed by atoms with Crippen molar-refractivity contribution in [2.24, 2.45) is 0 Å². The maximum Gasteiger partial charge on any atom is 0.387 e. The number of hydrogen-bond donors (Lipinski definition) is 1. The molecule has 0 aliphatic carbocycles. The number of rotatable bonds is 5. The molecule has 1 aromatic carbocycles. The van der Waals surface area contributed by atoms with Crippen molar-refractivity contribution >= 4 is 37.8 Å². The Bertz CT molecular complexity index is 721. The molecule has 126 valence electrons. The van der Waals surface area contributed by atoms with Gasteiger partial charge in [-0.2, -0.15) is 8.78 Å². The second-order valence-corrected chi connectivity index (χ2v) is 8.15. The van der Waals surface area contributed by atoms with E-state index in [1.165, 1.54) is 18.2 Å². The van der Waals surface area contributed by atoms with Crippen molar-refractivity contribution in [3.05, 3.63) is 34.3 Å². The van der Waals surface area contributed by atoms with E-state index in [4.69, 9.17) is 0 Å². The van der Waals surface area contributed by atoms with Crippen LogP contribution in [0, 0.1) is 0 Å². The number of halogens is 3. The van der Waals surface area contributed by atoms with Crippen LogP contribution in [0.3, 0.4) is 0 Å². The Hall–Kier alpha value is -1.48. The third-order valence-corrected chi connectivity index (χ3v) is 5.44. The van der Waals surface area contributed by atoms with Gasteiger partial charge >= 0.3 is 6.61 Å². The molecule has 1 aliphatic heterocycles. The molecule has 0 saturated carbocycles. The van der Waals surface area contributed by atoms with Gasteiger partial charge in [-0.15, -0.1) is 0 Å². The van der Waals surface area contributed by atoms with Crippen LogP contribution in [0.25, 0.3) is 6.08 Å². The van der Waals surface area contributed by atoms with Gasteiger partial charge < -0.3 is 10.1 Å². The molecule has 1 unspecified atom stereocenters. The molecule has 1 saturated heterocycles. The van der Waals surface area contributed by atoms with Crippen LogP contribution >= 0.6 is 15.9 Å². The quantitative estimate of drug-likeness (QED) is 0.757. The molecule has 1 amide bonds. The van der Waals surface area contributed by atoms with Gasteiger partial charge in [-0.05, 0) is 30.7 Å². The van der Waals surface area contributed by atoms with Gasteiger partial charge in [0.15, 0.2) is 9.84 Å². The van der Waals surface area contributed by atoms with E-state index in [1.54, 1.807) is 6.07 Å². The van der Waals surface area contributed by atoms with Crippen LogP contribution in [-0.4, -0.2) is 38.5 Å². The predicted octanol–water partition coefficient (Wildman–Crippen LogP) is 2.37. The minimum Gasteiger partial charge on any atom is -0.434 e. The van der Waals surface area contributed by atoms with E-state index in [0.29, 0.717) is 16.5 Å². The van der Waals surface area contributed by atoms with Crippen LogP contribution in [0.1, 0.15) is 12.0 Å². The minimum atomic E-state index is -3.08. The zero-order valence-electron chi connectivity index (χ0n) is 11.8. The van der Waals surface area contributed by atoms with Gasteiger partial charge in [0.05, 0.1) is 11.5 Å². The molecule has 0 radical (unpaired) electrons. The second kappa shape index (κ2) is 7.39. The molecule has 1 atom stereocenters. The molecule has 1 fully saturated rings. The molecule has 1 aliphatic rings. The highest BCUT2D eigenvalue weighted by Gasteiger charge is 2.28. The number of nitrogens with one attached hydrogen (secondary N) is 1. The summed E-state index contributed by atoms with van der Waals surface area (Å²) in [5.74, 6) is -0.575. The maximum atomic E-state index is 12.3. The lowest BCUT2D eigenvalue weighted by molar-refractivity contribution is -0.116. The molecule has 0 aromatic heterocycles. The summed E-state index contributed by atoms with van der Waals surface area (Å²) in [6.45, 7) is -2.97. The largest absolute Gasteiger partial charge is 0.434 e. The first-order chi connectivity index (χ1) is 10.7. The molecular weight excluding hydrogens is 396 g/mol. The summed E-state index contributed by atoms with van der Waals surface area (Å²) in [4.78, 5) is 11.8. The molecular formula is C14H14BrF2NO4S. The molecule has 23 heavy (non-hydrogen) atoms. The van der Waals surface area contributed by atoms with Gasteiger partial charge in [0.25, 0.3) is 0 Å². The molecule has 0 bridgehead atoms. The first-order valence-electron chi connectivity index (χ1n) is 6.68. The fourth-order valence-electron chi connectivity index (χ4n) is 2.18. The first kappa shape index (κ1) is 17.9. The van der Waals surface area contributed by atoms with Crippen molar-refractivity contribution in [1.29, 1.82) is 0 Å². The maximum absolute atomic E-state index is 12.3. The Kier molecular flexibility index (Phi) is 5.74. The Morgan fingerprint density at radius 3 is 2.78 bits per heavy atom. The standard InChI is InChI=1S/C14H14BrF2NO4S/c15-10-2-3-12(22-14(16)17)9(7-10)1-4-13(19)18-11-5-6-23(20,21)8-11/h1-4,7,11,14H,5-6,8H2,(H,18,19)/b4-1+. The van der Waals surface area contributed by atoms with Crippen molar-refractivity contribution < 1.29 is 26.7 Å². The lowest BCUT2D eigenvalue weighted by Gasteiger charge is -2.09. The highest BCUT2D eigenvalue weighted by Crippen LogP contribution is 2.26. The van der Waals surface area contributed by atoms with Crippen LogP contribution in [0.2, 0.25) is 0 Å². The summed E-state index contributed by atoms with van der Waals surface area (Å²) >= 11 is 3.21. The van der Waals surface area contributed by atoms with E-state index >= 15 is 0 Å². The smallest absolute Gasteiger partial charge is 0.387 e. The Balaban J connectivity index is 2.04. The third kappa shape index (κ3) is 5.58. The lowest BCUT2D eigenvalue weighted by atomic mass is 10.2. The van der Waals surface area contributed by atoms with E-state index in [1.807, 2.05) is 0 Å². The van der Waals surface area contributed by atoms with E-state index < -0.39 is 28.4 Å². The zero-order chi connectivity index (χ0) is 17.0. The number of alkyl halides is 2. The highest BCUT2D eigenvalue weighted by molar-refractivity contribution is 9.10. The lowest BCUT2D eigenvalue weighted by Crippen LogP contribution is -2.34. The minimum absolute atomic E-state index is 0.0552. The van der Waals surface area contributed by atoms with E-state index in [9.17, 15) is 22.0 Å². The van der Waals surface area contributed by atoms with E-state index in [2.05, 4.69) is 26.0 Å². The summed E-state index contributed by atoms with van der Waals surface area (Å²) in [6.07, 6.45) is 2.87. The number of amides is 1. The first-order valence-corrected chi connectivity index (χ1v) is 9.30. The van der Waals surface area contributed by atoms with Crippen LogP contribution < -0.4 is 10.1 Å². The Morgan fingerprint density at radius 2 is 2.17 bits per heavy atom. The van der Waals surface area contributed by atoms with Crippen LogP contribution in [0.5, 0.6) is 5.75 Å².